The van der Waals surface area contributed by atoms with E-state index in [-0.39, 0.29) is 0 Å². The van der Waals surface area contributed by atoms with Crippen molar-refractivity contribution in [3.05, 3.63) is 71.8 Å². The van der Waals surface area contributed by atoms with Gasteiger partial charge in [-0.2, -0.15) is 0 Å². The quantitative estimate of drug-likeness (QED) is 0.528. The van der Waals surface area contributed by atoms with Crippen molar-refractivity contribution >= 4 is 0 Å². The second kappa shape index (κ2) is 15.9. The molecule has 0 aromatic heterocycles. The van der Waals surface area contributed by atoms with E-state index in [1.165, 1.54) is 56.1 Å². The average molecular weight is 342 g/mol. The standard InChI is InChI=1S/C16H26O.C7H9N/c1-2-3-4-9-14-17-15-10-8-13-16-11-6-5-7-12-16;8-6-7-4-2-1-3-5-7/h5-7,11-12H,2-4,8-10,13-15H2,1H3;1-5H,6,8H2. The summed E-state index contributed by atoms with van der Waals surface area (Å²) in [6, 6.07) is 20.7. The number of hydrogen-bond donors (Lipinski definition) is 1. The fraction of sp³-hybridized carbons (Fsp3) is 0.478. The van der Waals surface area contributed by atoms with Gasteiger partial charge in [-0.15, -0.1) is 0 Å². The zero-order valence-corrected chi connectivity index (χ0v) is 15.8. The van der Waals surface area contributed by atoms with E-state index in [2.05, 4.69) is 37.3 Å². The highest BCUT2D eigenvalue weighted by Crippen LogP contribution is 2.05. The van der Waals surface area contributed by atoms with Gasteiger partial charge in [0, 0.05) is 19.8 Å². The summed E-state index contributed by atoms with van der Waals surface area (Å²) in [5.41, 5.74) is 7.98. The second-order valence-electron chi connectivity index (χ2n) is 6.31. The molecule has 2 heteroatoms. The van der Waals surface area contributed by atoms with E-state index >= 15 is 0 Å². The van der Waals surface area contributed by atoms with Crippen LogP contribution in [0.15, 0.2) is 60.7 Å². The minimum absolute atomic E-state index is 0.640. The SMILES string of the molecule is CCCCCCOCCCCc1ccccc1.NCc1ccccc1. The molecule has 138 valence electrons. The molecule has 0 amide bonds. The van der Waals surface area contributed by atoms with Crippen molar-refractivity contribution in [3.63, 3.8) is 0 Å². The van der Waals surface area contributed by atoms with Crippen molar-refractivity contribution < 1.29 is 4.74 Å². The first-order valence-electron chi connectivity index (χ1n) is 9.72. The Morgan fingerprint density at radius 2 is 1.24 bits per heavy atom. The lowest BCUT2D eigenvalue weighted by Gasteiger charge is -2.04. The number of ether oxygens (including phenoxy) is 1. The van der Waals surface area contributed by atoms with Crippen molar-refractivity contribution in [1.29, 1.82) is 0 Å². The van der Waals surface area contributed by atoms with Crippen LogP contribution in [0.25, 0.3) is 0 Å². The first kappa shape index (κ1) is 21.4. The molecule has 0 spiro atoms. The van der Waals surface area contributed by atoms with Gasteiger partial charge in [0.1, 0.15) is 0 Å². The molecule has 0 bridgehead atoms. The maximum atomic E-state index is 5.62. The van der Waals surface area contributed by atoms with E-state index in [1.807, 2.05) is 30.3 Å². The van der Waals surface area contributed by atoms with Crippen molar-refractivity contribution in [2.24, 2.45) is 5.73 Å². The molecule has 25 heavy (non-hydrogen) atoms. The first-order valence-corrected chi connectivity index (χ1v) is 9.72. The summed E-state index contributed by atoms with van der Waals surface area (Å²) in [7, 11) is 0. The molecule has 2 N–H and O–H groups in total. The van der Waals surface area contributed by atoms with Crippen LogP contribution in [0.2, 0.25) is 0 Å². The molecule has 0 saturated heterocycles. The number of aryl methyl sites for hydroxylation is 1. The lowest BCUT2D eigenvalue weighted by atomic mass is 10.1. The van der Waals surface area contributed by atoms with E-state index in [0.29, 0.717) is 6.54 Å². The third-order valence-electron chi connectivity index (χ3n) is 4.07. The van der Waals surface area contributed by atoms with E-state index in [9.17, 15) is 0 Å². The molecule has 0 heterocycles. The molecular formula is C23H35NO. The highest BCUT2D eigenvalue weighted by molar-refractivity contribution is 5.14. The highest BCUT2D eigenvalue weighted by Gasteiger charge is 1.93. The first-order chi connectivity index (χ1) is 12.4. The van der Waals surface area contributed by atoms with Crippen molar-refractivity contribution in [2.45, 2.75) is 58.4 Å². The van der Waals surface area contributed by atoms with Gasteiger partial charge in [-0.3, -0.25) is 0 Å². The van der Waals surface area contributed by atoms with E-state index in [4.69, 9.17) is 10.5 Å². The van der Waals surface area contributed by atoms with Crippen LogP contribution in [0.3, 0.4) is 0 Å². The third-order valence-corrected chi connectivity index (χ3v) is 4.07. The van der Waals surface area contributed by atoms with Gasteiger partial charge < -0.3 is 10.5 Å². The molecule has 0 aliphatic carbocycles. The molecule has 0 saturated carbocycles. The highest BCUT2D eigenvalue weighted by atomic mass is 16.5. The molecule has 0 radical (unpaired) electrons. The molecule has 0 atom stereocenters. The van der Waals surface area contributed by atoms with Gasteiger partial charge in [-0.05, 0) is 36.8 Å². The van der Waals surface area contributed by atoms with E-state index in [1.54, 1.807) is 0 Å². The predicted molar refractivity (Wildman–Crippen MR) is 109 cm³/mol. The van der Waals surface area contributed by atoms with Gasteiger partial charge in [0.2, 0.25) is 0 Å². The second-order valence-corrected chi connectivity index (χ2v) is 6.31. The van der Waals surface area contributed by atoms with Crippen molar-refractivity contribution in [3.8, 4) is 0 Å². The zero-order valence-electron chi connectivity index (χ0n) is 15.8. The lowest BCUT2D eigenvalue weighted by molar-refractivity contribution is 0.126. The molecule has 0 aliphatic heterocycles. The van der Waals surface area contributed by atoms with Gasteiger partial charge in [-0.1, -0.05) is 86.8 Å². The predicted octanol–water partition coefficient (Wildman–Crippen LogP) is 5.75. The van der Waals surface area contributed by atoms with Crippen molar-refractivity contribution in [1.82, 2.24) is 0 Å². The van der Waals surface area contributed by atoms with Crippen LogP contribution in [0.1, 0.15) is 56.6 Å². The van der Waals surface area contributed by atoms with Crippen LogP contribution >= 0.6 is 0 Å². The topological polar surface area (TPSA) is 35.2 Å². The normalized spacial score (nSPS) is 10.2. The summed E-state index contributed by atoms with van der Waals surface area (Å²) in [5, 5.41) is 0. The van der Waals surface area contributed by atoms with E-state index < -0.39 is 0 Å². The van der Waals surface area contributed by atoms with Crippen LogP contribution in [-0.2, 0) is 17.7 Å². The molecular weight excluding hydrogens is 306 g/mol. The Labute approximate surface area is 154 Å². The maximum Gasteiger partial charge on any atom is 0.0466 e. The summed E-state index contributed by atoms with van der Waals surface area (Å²) in [6.45, 7) is 4.76. The maximum absolute atomic E-state index is 5.62. The summed E-state index contributed by atoms with van der Waals surface area (Å²) >= 11 is 0. The number of hydrogen-bond acceptors (Lipinski definition) is 2. The zero-order chi connectivity index (χ0) is 18.0. The number of benzene rings is 2. The molecule has 0 aliphatic rings. The average Bonchev–Trinajstić information content (AvgIpc) is 2.69. The van der Waals surface area contributed by atoms with Gasteiger partial charge in [0.25, 0.3) is 0 Å². The largest absolute Gasteiger partial charge is 0.381 e. The van der Waals surface area contributed by atoms with Crippen LogP contribution in [0.5, 0.6) is 0 Å². The fourth-order valence-electron chi connectivity index (χ4n) is 2.52. The monoisotopic (exact) mass is 341 g/mol. The minimum atomic E-state index is 0.640. The Kier molecular flexibility index (Phi) is 13.6. The minimum Gasteiger partial charge on any atom is -0.381 e. The summed E-state index contributed by atoms with van der Waals surface area (Å²) in [6.07, 6.45) is 8.79. The Morgan fingerprint density at radius 1 is 0.680 bits per heavy atom. The third kappa shape index (κ3) is 12.4. The summed E-state index contributed by atoms with van der Waals surface area (Å²) in [4.78, 5) is 0. The molecule has 2 rings (SSSR count). The Bertz CT molecular complexity index is 498. The molecule has 2 aromatic carbocycles. The van der Waals surface area contributed by atoms with Crippen molar-refractivity contribution in [2.75, 3.05) is 13.2 Å². The fourth-order valence-corrected chi connectivity index (χ4v) is 2.52. The van der Waals surface area contributed by atoms with Gasteiger partial charge in [-0.25, -0.2) is 0 Å². The van der Waals surface area contributed by atoms with Crippen LogP contribution < -0.4 is 5.73 Å². The number of unbranched alkanes of at least 4 members (excludes halogenated alkanes) is 4. The smallest absolute Gasteiger partial charge is 0.0466 e. The summed E-state index contributed by atoms with van der Waals surface area (Å²) < 4.78 is 5.62. The molecule has 2 nitrogen and oxygen atoms in total. The molecule has 2 aromatic rings. The van der Waals surface area contributed by atoms with E-state index in [0.717, 1.165) is 13.2 Å². The lowest BCUT2D eigenvalue weighted by Crippen LogP contribution is -1.98. The van der Waals surface area contributed by atoms with Crippen LogP contribution in [-0.4, -0.2) is 13.2 Å². The van der Waals surface area contributed by atoms with Gasteiger partial charge in [0.05, 0.1) is 0 Å². The molecule has 0 fully saturated rings. The van der Waals surface area contributed by atoms with Crippen LogP contribution in [0.4, 0.5) is 0 Å². The molecule has 0 unspecified atom stereocenters. The summed E-state index contributed by atoms with van der Waals surface area (Å²) in [5.74, 6) is 0. The Hall–Kier alpha value is -1.64. The van der Waals surface area contributed by atoms with Crippen LogP contribution in [0, 0.1) is 0 Å². The van der Waals surface area contributed by atoms with Gasteiger partial charge >= 0.3 is 0 Å². The number of rotatable bonds is 11. The Balaban J connectivity index is 0.000000324. The number of nitrogens with two attached hydrogens (primary N) is 1. The Morgan fingerprint density at radius 3 is 1.76 bits per heavy atom. The van der Waals surface area contributed by atoms with Gasteiger partial charge in [0.15, 0.2) is 0 Å².